The molecule has 0 aliphatic carbocycles. The zero-order valence-electron chi connectivity index (χ0n) is 24.2. The predicted molar refractivity (Wildman–Crippen MR) is 170 cm³/mol. The molecule has 1 amide bonds. The van der Waals surface area contributed by atoms with Crippen molar-refractivity contribution < 1.29 is 18.3 Å². The lowest BCUT2D eigenvalue weighted by atomic mass is 10.0. The Morgan fingerprint density at radius 1 is 0.978 bits per heavy atom. The smallest absolute Gasteiger partial charge is 0.267 e. The van der Waals surface area contributed by atoms with Gasteiger partial charge in [-0.15, -0.1) is 0 Å². The third kappa shape index (κ3) is 5.35. The average Bonchev–Trinajstić information content (AvgIpc) is 3.67. The van der Waals surface area contributed by atoms with Crippen molar-refractivity contribution in [1.82, 2.24) is 24.3 Å². The lowest BCUT2D eigenvalue weighted by Crippen LogP contribution is -2.27. The first-order chi connectivity index (χ1) is 22.3. The van der Waals surface area contributed by atoms with Crippen LogP contribution in [0.2, 0.25) is 0 Å². The minimum absolute atomic E-state index is 0.0750. The topological polar surface area (TPSA) is 143 Å². The van der Waals surface area contributed by atoms with E-state index in [1.165, 1.54) is 47.4 Å². The molecule has 0 saturated heterocycles. The molecule has 11 nitrogen and oxygen atoms in total. The van der Waals surface area contributed by atoms with Gasteiger partial charge in [0.05, 0.1) is 11.8 Å². The summed E-state index contributed by atoms with van der Waals surface area (Å²) in [5, 5.41) is 7.57. The Bertz CT molecular complexity index is 2290. The lowest BCUT2D eigenvalue weighted by Gasteiger charge is -2.10. The van der Waals surface area contributed by atoms with Crippen molar-refractivity contribution >= 4 is 28.4 Å². The number of amides is 1. The summed E-state index contributed by atoms with van der Waals surface area (Å²) in [5.41, 5.74) is 9.50. The van der Waals surface area contributed by atoms with Gasteiger partial charge in [-0.3, -0.25) is 18.8 Å². The summed E-state index contributed by atoms with van der Waals surface area (Å²) < 4.78 is 28.7. The van der Waals surface area contributed by atoms with Gasteiger partial charge in [-0.25, -0.2) is 14.4 Å². The number of aryl methyl sites for hydroxylation is 1. The van der Waals surface area contributed by atoms with Crippen molar-refractivity contribution in [3.05, 3.63) is 132 Å². The SMILES string of the molecule is Cn1cc(-c2oc3ncnc(Oc4ccc(NC(=O)c5cccn(-c6ccc(F)cc6)c5=O)cc4)c3c2-c2cccc(N)c2)cn1. The molecule has 0 unspecified atom stereocenters. The van der Waals surface area contributed by atoms with Crippen molar-refractivity contribution in [3.63, 3.8) is 0 Å². The number of nitrogens with zero attached hydrogens (tertiary/aromatic N) is 5. The van der Waals surface area contributed by atoms with Crippen molar-refractivity contribution in [1.29, 1.82) is 0 Å². The van der Waals surface area contributed by atoms with Gasteiger partial charge in [-0.2, -0.15) is 5.10 Å². The highest BCUT2D eigenvalue weighted by atomic mass is 19.1. The van der Waals surface area contributed by atoms with Crippen LogP contribution in [0, 0.1) is 5.82 Å². The molecule has 46 heavy (non-hydrogen) atoms. The van der Waals surface area contributed by atoms with Gasteiger partial charge in [0.25, 0.3) is 11.5 Å². The fourth-order valence-electron chi connectivity index (χ4n) is 5.08. The van der Waals surface area contributed by atoms with Crippen LogP contribution in [-0.2, 0) is 7.05 Å². The van der Waals surface area contributed by atoms with Crippen LogP contribution in [0.3, 0.4) is 0 Å². The molecule has 7 aromatic rings. The molecule has 4 heterocycles. The second-order valence-corrected chi connectivity index (χ2v) is 10.3. The number of anilines is 2. The number of furan rings is 1. The van der Waals surface area contributed by atoms with Crippen LogP contribution >= 0.6 is 0 Å². The molecule has 0 aliphatic heterocycles. The number of hydrogen-bond donors (Lipinski definition) is 2. The molecule has 7 rings (SSSR count). The molecule has 0 radical (unpaired) electrons. The normalized spacial score (nSPS) is 11.1. The van der Waals surface area contributed by atoms with E-state index < -0.39 is 17.3 Å². The number of ether oxygens (including phenoxy) is 1. The molecule has 3 N–H and O–H groups in total. The van der Waals surface area contributed by atoms with E-state index in [9.17, 15) is 14.0 Å². The molecule has 3 aromatic carbocycles. The van der Waals surface area contributed by atoms with Crippen molar-refractivity contribution in [2.75, 3.05) is 11.1 Å². The minimum Gasteiger partial charge on any atom is -0.438 e. The number of fused-ring (bicyclic) bond motifs is 1. The van der Waals surface area contributed by atoms with E-state index in [-0.39, 0.29) is 11.4 Å². The fourth-order valence-corrected chi connectivity index (χ4v) is 5.08. The first kappa shape index (κ1) is 28.2. The third-order valence-electron chi connectivity index (χ3n) is 7.22. The fraction of sp³-hybridized carbons (Fsp3) is 0.0294. The van der Waals surface area contributed by atoms with E-state index in [1.54, 1.807) is 47.3 Å². The van der Waals surface area contributed by atoms with E-state index in [0.717, 1.165) is 11.1 Å². The molecule has 0 saturated carbocycles. The molecular weight excluding hydrogens is 589 g/mol. The molecule has 0 atom stereocenters. The molecule has 0 aliphatic rings. The number of aromatic nitrogens is 5. The van der Waals surface area contributed by atoms with Crippen LogP contribution in [0.25, 0.3) is 39.2 Å². The summed E-state index contributed by atoms with van der Waals surface area (Å²) in [7, 11) is 1.82. The first-order valence-electron chi connectivity index (χ1n) is 14.0. The summed E-state index contributed by atoms with van der Waals surface area (Å²) in [6.07, 6.45) is 6.40. The van der Waals surface area contributed by atoms with Crippen LogP contribution in [0.15, 0.2) is 119 Å². The molecule has 0 spiro atoms. The number of halogens is 1. The maximum absolute atomic E-state index is 13.4. The molecular formula is C34H24FN7O4. The van der Waals surface area contributed by atoms with Gasteiger partial charge in [0.2, 0.25) is 11.6 Å². The Balaban J connectivity index is 1.18. The highest BCUT2D eigenvalue weighted by molar-refractivity contribution is 6.04. The van der Waals surface area contributed by atoms with E-state index in [2.05, 4.69) is 20.4 Å². The van der Waals surface area contributed by atoms with Crippen LogP contribution in [-0.4, -0.2) is 30.2 Å². The van der Waals surface area contributed by atoms with Gasteiger partial charge in [0.15, 0.2) is 0 Å². The summed E-state index contributed by atoms with van der Waals surface area (Å²) >= 11 is 0. The number of pyridine rings is 1. The highest BCUT2D eigenvalue weighted by Crippen LogP contribution is 2.44. The maximum atomic E-state index is 13.4. The van der Waals surface area contributed by atoms with Crippen molar-refractivity contribution in [2.24, 2.45) is 7.05 Å². The second-order valence-electron chi connectivity index (χ2n) is 10.3. The van der Waals surface area contributed by atoms with Crippen LogP contribution in [0.1, 0.15) is 10.4 Å². The van der Waals surface area contributed by atoms with E-state index in [0.29, 0.717) is 45.2 Å². The van der Waals surface area contributed by atoms with Gasteiger partial charge in [0.1, 0.15) is 34.6 Å². The number of carbonyl (C=O) groups is 1. The number of nitrogens with two attached hydrogens (primary N) is 1. The van der Waals surface area contributed by atoms with E-state index in [1.807, 2.05) is 31.4 Å². The Morgan fingerprint density at radius 3 is 2.52 bits per heavy atom. The van der Waals surface area contributed by atoms with Crippen LogP contribution in [0.5, 0.6) is 11.6 Å². The van der Waals surface area contributed by atoms with Gasteiger partial charge >= 0.3 is 0 Å². The number of benzene rings is 3. The lowest BCUT2D eigenvalue weighted by molar-refractivity contribution is 0.102. The Morgan fingerprint density at radius 2 is 1.78 bits per heavy atom. The van der Waals surface area contributed by atoms with Crippen LogP contribution in [0.4, 0.5) is 15.8 Å². The molecule has 12 heteroatoms. The number of hydrogen-bond acceptors (Lipinski definition) is 8. The van der Waals surface area contributed by atoms with Gasteiger partial charge in [0, 0.05) is 42.1 Å². The predicted octanol–water partition coefficient (Wildman–Crippen LogP) is 6.21. The Hall–Kier alpha value is -6.56. The van der Waals surface area contributed by atoms with E-state index in [4.69, 9.17) is 14.9 Å². The average molecular weight is 614 g/mol. The Labute approximate surface area is 260 Å². The summed E-state index contributed by atoms with van der Waals surface area (Å²) in [5.74, 6) is 0.198. The molecule has 226 valence electrons. The highest BCUT2D eigenvalue weighted by Gasteiger charge is 2.24. The van der Waals surface area contributed by atoms with Crippen LogP contribution < -0.4 is 21.3 Å². The zero-order valence-corrected chi connectivity index (χ0v) is 24.2. The second kappa shape index (κ2) is 11.5. The minimum atomic E-state index is -0.597. The number of rotatable bonds is 7. The summed E-state index contributed by atoms with van der Waals surface area (Å²) in [6, 6.07) is 22.4. The van der Waals surface area contributed by atoms with Gasteiger partial charge < -0.3 is 20.2 Å². The monoisotopic (exact) mass is 613 g/mol. The van der Waals surface area contributed by atoms with Crippen molar-refractivity contribution in [3.8, 4) is 39.8 Å². The largest absolute Gasteiger partial charge is 0.438 e. The Kier molecular flexibility index (Phi) is 7.06. The summed E-state index contributed by atoms with van der Waals surface area (Å²) in [4.78, 5) is 34.9. The number of carbonyl (C=O) groups excluding carboxylic acids is 1. The van der Waals surface area contributed by atoms with E-state index >= 15 is 0 Å². The molecule has 0 fully saturated rings. The first-order valence-corrected chi connectivity index (χ1v) is 14.0. The number of nitrogens with one attached hydrogen (secondary N) is 1. The third-order valence-corrected chi connectivity index (χ3v) is 7.22. The summed E-state index contributed by atoms with van der Waals surface area (Å²) in [6.45, 7) is 0. The maximum Gasteiger partial charge on any atom is 0.267 e. The number of nitrogen functional groups attached to an aromatic ring is 1. The van der Waals surface area contributed by atoms with Crippen molar-refractivity contribution in [2.45, 2.75) is 0 Å². The standard InChI is InChI=1S/C34H24FN7O4/c1-41-18-21(17-39-41)30-28(20-4-2-5-23(36)16-20)29-32(37-19-38-33(29)46-30)45-26-13-9-24(10-14-26)40-31(43)27-6-3-15-42(34(27)44)25-11-7-22(35)8-12-25/h2-19H,36H2,1H3,(H,40,43). The molecule has 4 aromatic heterocycles. The molecule has 0 bridgehead atoms. The quantitative estimate of drug-likeness (QED) is 0.202. The van der Waals surface area contributed by atoms with Gasteiger partial charge in [-0.1, -0.05) is 12.1 Å². The van der Waals surface area contributed by atoms with Gasteiger partial charge in [-0.05, 0) is 78.4 Å². The zero-order chi connectivity index (χ0) is 31.8.